The lowest BCUT2D eigenvalue weighted by molar-refractivity contribution is 0.414. The second-order valence-corrected chi connectivity index (χ2v) is 3.25. The zero-order valence-corrected chi connectivity index (χ0v) is 8.90. The van der Waals surface area contributed by atoms with Crippen LogP contribution in [0.15, 0.2) is 24.3 Å². The Bertz CT molecular complexity index is 450. The number of aromatic nitrogens is 3. The first-order chi connectivity index (χ1) is 7.78. The minimum Gasteiger partial charge on any atom is -0.497 e. The van der Waals surface area contributed by atoms with E-state index in [4.69, 9.17) is 10.5 Å². The number of nitrogens with two attached hydrogens (primary N) is 1. The molecule has 16 heavy (non-hydrogen) atoms. The van der Waals surface area contributed by atoms with Gasteiger partial charge in [0.1, 0.15) is 5.75 Å². The third-order valence-corrected chi connectivity index (χ3v) is 2.11. The molecule has 0 bridgehead atoms. The van der Waals surface area contributed by atoms with Gasteiger partial charge in [0.2, 0.25) is 11.9 Å². The van der Waals surface area contributed by atoms with Crippen molar-refractivity contribution >= 4 is 11.9 Å². The number of anilines is 2. The standard InChI is InChI=1S/C10H13N5O/c1-16-8-4-2-7(3-5-8)6-12-10-13-9(11)14-15-10/h2-5H,6H2,1H3,(H4,11,12,13,14,15). The van der Waals surface area contributed by atoms with Crippen molar-refractivity contribution in [3.63, 3.8) is 0 Å². The molecular formula is C10H13N5O. The normalized spacial score (nSPS) is 10.1. The molecule has 0 radical (unpaired) electrons. The van der Waals surface area contributed by atoms with E-state index < -0.39 is 0 Å². The Hall–Kier alpha value is -2.24. The van der Waals surface area contributed by atoms with E-state index in [9.17, 15) is 0 Å². The molecule has 0 amide bonds. The number of benzene rings is 1. The molecule has 0 atom stereocenters. The fraction of sp³-hybridized carbons (Fsp3) is 0.200. The Morgan fingerprint density at radius 1 is 1.38 bits per heavy atom. The molecule has 1 aromatic heterocycles. The number of nitrogens with one attached hydrogen (secondary N) is 2. The van der Waals surface area contributed by atoms with Crippen molar-refractivity contribution in [2.24, 2.45) is 0 Å². The maximum atomic E-state index is 5.40. The van der Waals surface area contributed by atoms with E-state index in [1.54, 1.807) is 7.11 Å². The highest BCUT2D eigenvalue weighted by Crippen LogP contribution is 2.12. The van der Waals surface area contributed by atoms with Crippen molar-refractivity contribution in [3.8, 4) is 5.75 Å². The smallest absolute Gasteiger partial charge is 0.243 e. The number of hydrogen-bond donors (Lipinski definition) is 3. The van der Waals surface area contributed by atoms with Gasteiger partial charge in [-0.3, -0.25) is 0 Å². The molecule has 84 valence electrons. The Morgan fingerprint density at radius 3 is 2.69 bits per heavy atom. The Morgan fingerprint density at radius 2 is 2.12 bits per heavy atom. The SMILES string of the molecule is COc1ccc(CNc2n[nH]c(N)n2)cc1. The molecule has 0 saturated heterocycles. The summed E-state index contributed by atoms with van der Waals surface area (Å²) in [6.45, 7) is 0.640. The molecule has 0 aliphatic carbocycles. The van der Waals surface area contributed by atoms with E-state index in [0.717, 1.165) is 11.3 Å². The lowest BCUT2D eigenvalue weighted by Gasteiger charge is -2.03. The van der Waals surface area contributed by atoms with Gasteiger partial charge in [0.15, 0.2) is 0 Å². The average Bonchev–Trinajstić information content (AvgIpc) is 2.73. The Kier molecular flexibility index (Phi) is 2.90. The predicted molar refractivity (Wildman–Crippen MR) is 61.1 cm³/mol. The minimum atomic E-state index is 0.303. The summed E-state index contributed by atoms with van der Waals surface area (Å²) in [7, 11) is 1.64. The molecule has 6 heteroatoms. The molecule has 0 aliphatic rings. The number of rotatable bonds is 4. The first-order valence-electron chi connectivity index (χ1n) is 4.82. The van der Waals surface area contributed by atoms with Gasteiger partial charge in [-0.1, -0.05) is 12.1 Å². The van der Waals surface area contributed by atoms with Crippen molar-refractivity contribution in [2.75, 3.05) is 18.2 Å². The van der Waals surface area contributed by atoms with Crippen LogP contribution in [0, 0.1) is 0 Å². The zero-order valence-electron chi connectivity index (χ0n) is 8.90. The monoisotopic (exact) mass is 219 g/mol. The molecule has 0 aliphatic heterocycles. The summed E-state index contributed by atoms with van der Waals surface area (Å²) in [4.78, 5) is 3.93. The number of aromatic amines is 1. The van der Waals surface area contributed by atoms with Gasteiger partial charge in [-0.25, -0.2) is 5.10 Å². The fourth-order valence-electron chi connectivity index (χ4n) is 1.28. The molecule has 4 N–H and O–H groups in total. The molecule has 6 nitrogen and oxygen atoms in total. The van der Waals surface area contributed by atoms with Crippen molar-refractivity contribution in [1.82, 2.24) is 15.2 Å². The van der Waals surface area contributed by atoms with E-state index >= 15 is 0 Å². The number of nitrogens with zero attached hydrogens (tertiary/aromatic N) is 2. The first kappa shape index (κ1) is 10.3. The van der Waals surface area contributed by atoms with Crippen molar-refractivity contribution in [2.45, 2.75) is 6.54 Å². The van der Waals surface area contributed by atoms with Crippen LogP contribution in [0.1, 0.15) is 5.56 Å². The van der Waals surface area contributed by atoms with Crippen LogP contribution in [0.5, 0.6) is 5.75 Å². The van der Waals surface area contributed by atoms with Crippen molar-refractivity contribution < 1.29 is 4.74 Å². The third-order valence-electron chi connectivity index (χ3n) is 2.11. The molecule has 2 aromatic rings. The average molecular weight is 219 g/mol. The van der Waals surface area contributed by atoms with Gasteiger partial charge in [0, 0.05) is 6.54 Å². The third kappa shape index (κ3) is 2.41. The van der Waals surface area contributed by atoms with Crippen LogP contribution in [0.3, 0.4) is 0 Å². The van der Waals surface area contributed by atoms with E-state index in [1.165, 1.54) is 0 Å². The summed E-state index contributed by atoms with van der Waals surface area (Å²) in [6, 6.07) is 7.76. The number of methoxy groups -OCH3 is 1. The van der Waals surface area contributed by atoms with Crippen molar-refractivity contribution in [1.29, 1.82) is 0 Å². The maximum absolute atomic E-state index is 5.40. The summed E-state index contributed by atoms with van der Waals surface area (Å²) in [5, 5.41) is 9.47. The topological polar surface area (TPSA) is 88.8 Å². The van der Waals surface area contributed by atoms with Gasteiger partial charge in [0.05, 0.1) is 7.11 Å². The maximum Gasteiger partial charge on any atom is 0.243 e. The van der Waals surface area contributed by atoms with Gasteiger partial charge in [0.25, 0.3) is 0 Å². The van der Waals surface area contributed by atoms with Gasteiger partial charge in [-0.05, 0) is 17.7 Å². The van der Waals surface area contributed by atoms with Crippen LogP contribution < -0.4 is 15.8 Å². The van der Waals surface area contributed by atoms with Crippen LogP contribution in [-0.4, -0.2) is 22.3 Å². The van der Waals surface area contributed by atoms with E-state index in [0.29, 0.717) is 18.4 Å². The number of nitrogen functional groups attached to an aromatic ring is 1. The minimum absolute atomic E-state index is 0.303. The quantitative estimate of drug-likeness (QED) is 0.714. The summed E-state index contributed by atoms with van der Waals surface area (Å²) < 4.78 is 5.07. The fourth-order valence-corrected chi connectivity index (χ4v) is 1.28. The van der Waals surface area contributed by atoms with Crippen LogP contribution in [0.4, 0.5) is 11.9 Å². The summed E-state index contributed by atoms with van der Waals surface area (Å²) in [6.07, 6.45) is 0. The van der Waals surface area contributed by atoms with Gasteiger partial charge in [-0.15, -0.1) is 5.10 Å². The lowest BCUT2D eigenvalue weighted by atomic mass is 10.2. The zero-order chi connectivity index (χ0) is 11.4. The van der Waals surface area contributed by atoms with E-state index in [2.05, 4.69) is 20.5 Å². The Labute approximate surface area is 92.8 Å². The Balaban J connectivity index is 1.94. The van der Waals surface area contributed by atoms with Crippen LogP contribution >= 0.6 is 0 Å². The molecule has 2 rings (SSSR count). The second-order valence-electron chi connectivity index (χ2n) is 3.25. The summed E-state index contributed by atoms with van der Waals surface area (Å²) in [5.41, 5.74) is 6.51. The van der Waals surface area contributed by atoms with Crippen LogP contribution in [0.2, 0.25) is 0 Å². The number of ether oxygens (including phenoxy) is 1. The second kappa shape index (κ2) is 4.52. The van der Waals surface area contributed by atoms with E-state index in [-0.39, 0.29) is 0 Å². The van der Waals surface area contributed by atoms with Gasteiger partial charge >= 0.3 is 0 Å². The van der Waals surface area contributed by atoms with Gasteiger partial charge in [-0.2, -0.15) is 4.98 Å². The van der Waals surface area contributed by atoms with Crippen LogP contribution in [0.25, 0.3) is 0 Å². The summed E-state index contributed by atoms with van der Waals surface area (Å²) in [5.74, 6) is 1.64. The number of hydrogen-bond acceptors (Lipinski definition) is 5. The van der Waals surface area contributed by atoms with Gasteiger partial charge < -0.3 is 15.8 Å². The van der Waals surface area contributed by atoms with E-state index in [1.807, 2.05) is 24.3 Å². The molecule has 1 heterocycles. The first-order valence-corrected chi connectivity index (χ1v) is 4.82. The highest BCUT2D eigenvalue weighted by Gasteiger charge is 1.99. The predicted octanol–water partition coefficient (Wildman–Crippen LogP) is 1.01. The highest BCUT2D eigenvalue weighted by atomic mass is 16.5. The molecule has 0 saturated carbocycles. The molecule has 0 unspecified atom stereocenters. The van der Waals surface area contributed by atoms with Crippen molar-refractivity contribution in [3.05, 3.63) is 29.8 Å². The van der Waals surface area contributed by atoms with Crippen LogP contribution in [-0.2, 0) is 6.54 Å². The lowest BCUT2D eigenvalue weighted by Crippen LogP contribution is -2.01. The largest absolute Gasteiger partial charge is 0.497 e. The molecular weight excluding hydrogens is 206 g/mol. The summed E-state index contributed by atoms with van der Waals surface area (Å²) >= 11 is 0. The number of H-pyrrole nitrogens is 1. The molecule has 1 aromatic carbocycles. The highest BCUT2D eigenvalue weighted by molar-refractivity contribution is 5.33. The molecule has 0 fully saturated rings. The molecule has 0 spiro atoms.